The van der Waals surface area contributed by atoms with E-state index in [4.69, 9.17) is 4.78 Å². The van der Waals surface area contributed by atoms with Crippen molar-refractivity contribution >= 4 is 9.92 Å². The van der Waals surface area contributed by atoms with Gasteiger partial charge in [-0.1, -0.05) is 13.8 Å². The summed E-state index contributed by atoms with van der Waals surface area (Å²) in [4.78, 5) is 0. The topological polar surface area (TPSA) is 44.2 Å². The summed E-state index contributed by atoms with van der Waals surface area (Å²) in [5.74, 6) is 0.469. The van der Waals surface area contributed by atoms with Gasteiger partial charge in [-0.3, -0.25) is 0 Å². The molecule has 3 nitrogen and oxygen atoms in total. The zero-order valence-electron chi connectivity index (χ0n) is 7.05. The molecule has 0 saturated carbocycles. The Morgan fingerprint density at radius 3 is 2.10 bits per heavy atom. The van der Waals surface area contributed by atoms with E-state index in [9.17, 15) is 4.21 Å². The molecular weight excluding hydrogens is 148 g/mol. The van der Waals surface area contributed by atoms with Gasteiger partial charge in [0, 0.05) is 19.8 Å². The van der Waals surface area contributed by atoms with Crippen LogP contribution in [0.4, 0.5) is 0 Å². The molecule has 1 unspecified atom stereocenters. The van der Waals surface area contributed by atoms with Gasteiger partial charge in [0.2, 0.25) is 0 Å². The Morgan fingerprint density at radius 1 is 1.60 bits per heavy atom. The van der Waals surface area contributed by atoms with E-state index in [1.54, 1.807) is 11.4 Å². The molecule has 10 heavy (non-hydrogen) atoms. The molecule has 0 aromatic rings. The zero-order chi connectivity index (χ0) is 8.36. The van der Waals surface area contributed by atoms with Crippen LogP contribution in [-0.2, 0) is 9.92 Å². The molecule has 0 amide bonds. The second-order valence-electron chi connectivity index (χ2n) is 3.01. The van der Waals surface area contributed by atoms with Crippen LogP contribution < -0.4 is 0 Å². The van der Waals surface area contributed by atoms with Crippen molar-refractivity contribution in [2.24, 2.45) is 5.92 Å². The molecule has 0 heterocycles. The molecule has 0 aromatic carbocycles. The van der Waals surface area contributed by atoms with E-state index in [1.165, 1.54) is 6.26 Å². The fraction of sp³-hybridized carbons (Fsp3) is 1.00. The number of nitrogens with one attached hydrogen (secondary N) is 1. The summed E-state index contributed by atoms with van der Waals surface area (Å²) in [6.45, 7) is 4.81. The predicted molar refractivity (Wildman–Crippen MR) is 44.3 cm³/mol. The van der Waals surface area contributed by atoms with Gasteiger partial charge in [0.25, 0.3) is 0 Å². The van der Waals surface area contributed by atoms with Crippen LogP contribution >= 0.6 is 0 Å². The summed E-state index contributed by atoms with van der Waals surface area (Å²) in [7, 11) is -0.747. The van der Waals surface area contributed by atoms with Gasteiger partial charge in [-0.2, -0.15) is 0 Å². The monoisotopic (exact) mass is 164 g/mol. The maximum Gasteiger partial charge on any atom is 0.104 e. The molecule has 0 bridgehead atoms. The fourth-order valence-electron chi connectivity index (χ4n) is 0.656. The quantitative estimate of drug-likeness (QED) is 0.668. The third kappa shape index (κ3) is 3.85. The maximum atomic E-state index is 11.0. The van der Waals surface area contributed by atoms with E-state index in [1.807, 2.05) is 13.8 Å². The Morgan fingerprint density at radius 2 is 2.00 bits per heavy atom. The molecule has 1 N–H and O–H groups in total. The summed E-state index contributed by atoms with van der Waals surface area (Å²) in [5.41, 5.74) is 0. The van der Waals surface area contributed by atoms with Crippen molar-refractivity contribution in [1.82, 2.24) is 4.31 Å². The van der Waals surface area contributed by atoms with Crippen LogP contribution in [0.3, 0.4) is 0 Å². The lowest BCUT2D eigenvalue weighted by Crippen LogP contribution is -2.28. The van der Waals surface area contributed by atoms with Crippen molar-refractivity contribution in [3.8, 4) is 0 Å². The van der Waals surface area contributed by atoms with Gasteiger partial charge in [-0.05, 0) is 5.92 Å². The lowest BCUT2D eigenvalue weighted by Gasteiger charge is -2.18. The molecule has 0 fully saturated rings. The number of nitrogens with zero attached hydrogens (tertiary/aromatic N) is 1. The van der Waals surface area contributed by atoms with Crippen molar-refractivity contribution in [1.29, 1.82) is 4.78 Å². The van der Waals surface area contributed by atoms with Gasteiger partial charge >= 0.3 is 0 Å². The van der Waals surface area contributed by atoms with Crippen LogP contribution in [0.25, 0.3) is 0 Å². The fourth-order valence-corrected chi connectivity index (χ4v) is 1.24. The maximum absolute atomic E-state index is 11.0. The highest BCUT2D eigenvalue weighted by Gasteiger charge is 2.07. The Hall–Kier alpha value is -0.0900. The van der Waals surface area contributed by atoms with E-state index < -0.39 is 9.92 Å². The third-order valence-electron chi connectivity index (χ3n) is 1.22. The van der Waals surface area contributed by atoms with E-state index in [-0.39, 0.29) is 0 Å². The minimum atomic E-state index is -2.46. The van der Waals surface area contributed by atoms with Gasteiger partial charge in [-0.15, -0.1) is 0 Å². The lowest BCUT2D eigenvalue weighted by atomic mass is 10.2. The van der Waals surface area contributed by atoms with Gasteiger partial charge in [0.1, 0.15) is 9.92 Å². The van der Waals surface area contributed by atoms with Crippen molar-refractivity contribution < 1.29 is 4.21 Å². The van der Waals surface area contributed by atoms with Crippen LogP contribution in [-0.4, -0.2) is 28.4 Å². The first-order valence-corrected chi connectivity index (χ1v) is 5.21. The molecule has 0 spiro atoms. The minimum Gasteiger partial charge on any atom is -0.240 e. The van der Waals surface area contributed by atoms with E-state index in [0.717, 1.165) is 6.54 Å². The Bertz CT molecular complexity index is 184. The second-order valence-corrected chi connectivity index (χ2v) is 5.24. The summed E-state index contributed by atoms with van der Waals surface area (Å²) in [6.07, 6.45) is 1.44. The molecule has 0 saturated heterocycles. The average Bonchev–Trinajstić information content (AvgIpc) is 1.60. The van der Waals surface area contributed by atoms with Crippen molar-refractivity contribution in [3.63, 3.8) is 0 Å². The summed E-state index contributed by atoms with van der Waals surface area (Å²) < 4.78 is 19.8. The van der Waals surface area contributed by atoms with Gasteiger partial charge in [0.05, 0.1) is 0 Å². The highest BCUT2D eigenvalue weighted by Crippen LogP contribution is 2.00. The number of hydrogen-bond acceptors (Lipinski definition) is 2. The molecule has 62 valence electrons. The first-order chi connectivity index (χ1) is 4.34. The largest absolute Gasteiger partial charge is 0.240 e. The van der Waals surface area contributed by atoms with Crippen LogP contribution in [0.15, 0.2) is 0 Å². The Kier molecular flexibility index (Phi) is 3.31. The number of rotatable bonds is 3. The second kappa shape index (κ2) is 3.34. The van der Waals surface area contributed by atoms with Gasteiger partial charge in [-0.25, -0.2) is 13.3 Å². The van der Waals surface area contributed by atoms with Gasteiger partial charge in [0.15, 0.2) is 0 Å². The van der Waals surface area contributed by atoms with Crippen LogP contribution in [0, 0.1) is 10.7 Å². The van der Waals surface area contributed by atoms with Crippen LogP contribution in [0.5, 0.6) is 0 Å². The zero-order valence-corrected chi connectivity index (χ0v) is 7.86. The molecule has 0 radical (unpaired) electrons. The SMILES string of the molecule is CC(C)CN(C)S(C)(=N)=O. The van der Waals surface area contributed by atoms with Crippen molar-refractivity contribution in [3.05, 3.63) is 0 Å². The van der Waals surface area contributed by atoms with E-state index in [0.29, 0.717) is 5.92 Å². The Labute approximate surface area is 63.5 Å². The average molecular weight is 164 g/mol. The highest BCUT2D eigenvalue weighted by atomic mass is 32.2. The molecule has 4 heteroatoms. The molecule has 0 aromatic heterocycles. The van der Waals surface area contributed by atoms with E-state index >= 15 is 0 Å². The molecular formula is C6H16N2OS. The Balaban J connectivity index is 3.99. The molecule has 0 aliphatic rings. The molecule has 0 rings (SSSR count). The van der Waals surface area contributed by atoms with Crippen LogP contribution in [0.1, 0.15) is 13.8 Å². The first-order valence-electron chi connectivity index (χ1n) is 3.29. The highest BCUT2D eigenvalue weighted by molar-refractivity contribution is 7.89. The summed E-state index contributed by atoms with van der Waals surface area (Å²) in [5, 5.41) is 0. The summed E-state index contributed by atoms with van der Waals surface area (Å²) >= 11 is 0. The third-order valence-corrected chi connectivity index (χ3v) is 2.56. The molecule has 1 atom stereocenters. The van der Waals surface area contributed by atoms with Crippen molar-refractivity contribution in [2.45, 2.75) is 13.8 Å². The normalized spacial score (nSPS) is 17.8. The summed E-state index contributed by atoms with van der Waals surface area (Å²) in [6, 6.07) is 0. The van der Waals surface area contributed by atoms with E-state index in [2.05, 4.69) is 0 Å². The smallest absolute Gasteiger partial charge is 0.104 e. The van der Waals surface area contributed by atoms with Gasteiger partial charge < -0.3 is 0 Å². The predicted octanol–water partition coefficient (Wildman–Crippen LogP) is 1.17. The van der Waals surface area contributed by atoms with Crippen molar-refractivity contribution in [2.75, 3.05) is 19.8 Å². The lowest BCUT2D eigenvalue weighted by molar-refractivity contribution is 0.442. The molecule has 0 aliphatic carbocycles. The van der Waals surface area contributed by atoms with Crippen LogP contribution in [0.2, 0.25) is 0 Å². The molecule has 0 aliphatic heterocycles. The standard InChI is InChI=1S/C6H16N2OS/c1-6(2)5-8(3)10(4,7)9/h6-7H,5H2,1-4H3. The minimum absolute atomic E-state index is 0.469. The number of hydrogen-bond donors (Lipinski definition) is 1. The first kappa shape index (κ1) is 9.91.